The van der Waals surface area contributed by atoms with Gasteiger partial charge in [0.25, 0.3) is 0 Å². The molecule has 4 heteroatoms. The van der Waals surface area contributed by atoms with Crippen LogP contribution in [0.2, 0.25) is 0 Å². The number of unbranched alkanes of at least 4 members (excludes halogenated alkanes) is 2. The number of nitrogens with zero attached hydrogens (tertiary/aromatic N) is 2. The fraction of sp³-hybridized carbons (Fsp3) is 0.417. The summed E-state index contributed by atoms with van der Waals surface area (Å²) in [6, 6.07) is 3.79. The topological polar surface area (TPSA) is 62.5 Å². The summed E-state index contributed by atoms with van der Waals surface area (Å²) < 4.78 is 0. The van der Waals surface area contributed by atoms with Crippen LogP contribution in [0, 0.1) is 0 Å². The highest BCUT2D eigenvalue weighted by atomic mass is 16.4. The van der Waals surface area contributed by atoms with E-state index in [-0.39, 0.29) is 6.42 Å². The maximum Gasteiger partial charge on any atom is 0.303 e. The molecule has 0 fully saturated rings. The second kappa shape index (κ2) is 7.56. The van der Waals surface area contributed by atoms with Crippen LogP contribution in [-0.2, 0) is 4.79 Å². The second-order valence-corrected chi connectivity index (χ2v) is 3.52. The monoisotopic (exact) mass is 220 g/mol. The average molecular weight is 220 g/mol. The maximum absolute atomic E-state index is 10.2. The summed E-state index contributed by atoms with van der Waals surface area (Å²) in [7, 11) is 0. The van der Waals surface area contributed by atoms with Crippen molar-refractivity contribution in [1.82, 2.24) is 4.98 Å². The molecule has 0 aromatic carbocycles. The summed E-state index contributed by atoms with van der Waals surface area (Å²) in [6.45, 7) is 0.752. The molecular weight excluding hydrogens is 204 g/mol. The van der Waals surface area contributed by atoms with E-state index in [4.69, 9.17) is 5.11 Å². The molecule has 0 aliphatic heterocycles. The highest BCUT2D eigenvalue weighted by molar-refractivity contribution is 5.79. The number of carboxylic acids is 1. The Balaban J connectivity index is 2.07. The highest BCUT2D eigenvalue weighted by Gasteiger charge is 1.95. The minimum absolute atomic E-state index is 0.258. The predicted molar refractivity (Wildman–Crippen MR) is 62.8 cm³/mol. The third-order valence-electron chi connectivity index (χ3n) is 2.12. The molecule has 1 rings (SSSR count). The Morgan fingerprint density at radius 2 is 2.06 bits per heavy atom. The SMILES string of the molecule is O=C(O)CCCCCN=Cc1ccncc1. The van der Waals surface area contributed by atoms with Gasteiger partial charge < -0.3 is 5.11 Å². The largest absolute Gasteiger partial charge is 0.481 e. The summed E-state index contributed by atoms with van der Waals surface area (Å²) in [6.07, 6.45) is 8.13. The van der Waals surface area contributed by atoms with Gasteiger partial charge in [0.05, 0.1) is 0 Å². The Morgan fingerprint density at radius 3 is 2.75 bits per heavy atom. The number of aromatic nitrogens is 1. The summed E-state index contributed by atoms with van der Waals surface area (Å²) in [4.78, 5) is 18.4. The highest BCUT2D eigenvalue weighted by Crippen LogP contribution is 2.00. The van der Waals surface area contributed by atoms with E-state index in [0.717, 1.165) is 31.4 Å². The molecule has 0 amide bonds. The van der Waals surface area contributed by atoms with Crippen LogP contribution in [0.1, 0.15) is 31.2 Å². The molecule has 0 saturated carbocycles. The van der Waals surface area contributed by atoms with E-state index < -0.39 is 5.97 Å². The van der Waals surface area contributed by atoms with Gasteiger partial charge in [0, 0.05) is 31.6 Å². The molecular formula is C12H16N2O2. The third-order valence-corrected chi connectivity index (χ3v) is 2.12. The first kappa shape index (κ1) is 12.4. The van der Waals surface area contributed by atoms with Gasteiger partial charge in [-0.3, -0.25) is 14.8 Å². The molecule has 0 saturated heterocycles. The van der Waals surface area contributed by atoms with E-state index in [2.05, 4.69) is 9.98 Å². The molecule has 0 aliphatic rings. The molecule has 1 aromatic heterocycles. The fourth-order valence-corrected chi connectivity index (χ4v) is 1.28. The summed E-state index contributed by atoms with van der Waals surface area (Å²) in [5.74, 6) is -0.722. The smallest absolute Gasteiger partial charge is 0.303 e. The van der Waals surface area contributed by atoms with Gasteiger partial charge in [0.2, 0.25) is 0 Å². The van der Waals surface area contributed by atoms with Gasteiger partial charge in [-0.2, -0.15) is 0 Å². The van der Waals surface area contributed by atoms with E-state index in [0.29, 0.717) is 0 Å². The van der Waals surface area contributed by atoms with Gasteiger partial charge in [0.15, 0.2) is 0 Å². The van der Waals surface area contributed by atoms with Gasteiger partial charge in [-0.25, -0.2) is 0 Å². The van der Waals surface area contributed by atoms with Crippen LogP contribution < -0.4 is 0 Å². The quantitative estimate of drug-likeness (QED) is 0.565. The molecule has 0 bridgehead atoms. The number of aliphatic imine (C=N–C) groups is 1. The molecule has 0 aliphatic carbocycles. The number of hydrogen-bond acceptors (Lipinski definition) is 3. The minimum Gasteiger partial charge on any atom is -0.481 e. The number of hydrogen-bond donors (Lipinski definition) is 1. The first-order valence-electron chi connectivity index (χ1n) is 5.40. The van der Waals surface area contributed by atoms with Crippen molar-refractivity contribution in [2.24, 2.45) is 4.99 Å². The second-order valence-electron chi connectivity index (χ2n) is 3.52. The number of pyridine rings is 1. The zero-order valence-corrected chi connectivity index (χ0v) is 9.17. The van der Waals surface area contributed by atoms with Crippen LogP contribution in [0.25, 0.3) is 0 Å². The van der Waals surface area contributed by atoms with Crippen molar-refractivity contribution in [3.05, 3.63) is 30.1 Å². The van der Waals surface area contributed by atoms with Crippen LogP contribution in [0.5, 0.6) is 0 Å². The first-order chi connectivity index (χ1) is 7.79. The molecule has 1 heterocycles. The number of carbonyl (C=O) groups is 1. The molecule has 86 valence electrons. The molecule has 1 aromatic rings. The summed E-state index contributed by atoms with van der Waals surface area (Å²) >= 11 is 0. The zero-order valence-electron chi connectivity index (χ0n) is 9.17. The molecule has 4 nitrogen and oxygen atoms in total. The molecule has 0 atom stereocenters. The Morgan fingerprint density at radius 1 is 1.31 bits per heavy atom. The maximum atomic E-state index is 10.2. The summed E-state index contributed by atoms with van der Waals surface area (Å²) in [5, 5.41) is 8.43. The minimum atomic E-state index is -0.722. The Labute approximate surface area is 95.1 Å². The standard InChI is InChI=1S/C12H16N2O2/c15-12(16)4-2-1-3-7-14-10-11-5-8-13-9-6-11/h5-6,8-10H,1-4,7H2,(H,15,16). The lowest BCUT2D eigenvalue weighted by Gasteiger charge is -1.95. The van der Waals surface area contributed by atoms with Crippen molar-refractivity contribution in [2.45, 2.75) is 25.7 Å². The molecule has 0 radical (unpaired) electrons. The van der Waals surface area contributed by atoms with E-state index in [1.807, 2.05) is 18.3 Å². The molecule has 16 heavy (non-hydrogen) atoms. The number of aliphatic carboxylic acids is 1. The van der Waals surface area contributed by atoms with Crippen LogP contribution in [0.3, 0.4) is 0 Å². The van der Waals surface area contributed by atoms with Gasteiger partial charge in [0.1, 0.15) is 0 Å². The van der Waals surface area contributed by atoms with Crippen molar-refractivity contribution in [1.29, 1.82) is 0 Å². The van der Waals surface area contributed by atoms with Crippen LogP contribution in [0.4, 0.5) is 0 Å². The van der Waals surface area contributed by atoms with Crippen LogP contribution in [-0.4, -0.2) is 28.8 Å². The third kappa shape index (κ3) is 5.90. The Hall–Kier alpha value is -1.71. The van der Waals surface area contributed by atoms with E-state index >= 15 is 0 Å². The van der Waals surface area contributed by atoms with Crippen molar-refractivity contribution in [3.8, 4) is 0 Å². The van der Waals surface area contributed by atoms with E-state index in [9.17, 15) is 4.79 Å². The zero-order chi connectivity index (χ0) is 11.6. The van der Waals surface area contributed by atoms with Crippen molar-refractivity contribution < 1.29 is 9.90 Å². The van der Waals surface area contributed by atoms with E-state index in [1.165, 1.54) is 0 Å². The summed E-state index contributed by atoms with van der Waals surface area (Å²) in [5.41, 5.74) is 1.04. The fourth-order valence-electron chi connectivity index (χ4n) is 1.28. The normalized spacial score (nSPS) is 10.8. The van der Waals surface area contributed by atoms with Gasteiger partial charge in [-0.15, -0.1) is 0 Å². The van der Waals surface area contributed by atoms with Crippen LogP contribution >= 0.6 is 0 Å². The van der Waals surface area contributed by atoms with Crippen LogP contribution in [0.15, 0.2) is 29.5 Å². The molecule has 0 unspecified atom stereocenters. The molecule has 1 N–H and O–H groups in total. The van der Waals surface area contributed by atoms with Gasteiger partial charge >= 0.3 is 5.97 Å². The number of carboxylic acid groups (broad SMARTS) is 1. The van der Waals surface area contributed by atoms with Gasteiger partial charge in [-0.1, -0.05) is 6.42 Å². The lowest BCUT2D eigenvalue weighted by atomic mass is 10.2. The van der Waals surface area contributed by atoms with Gasteiger partial charge in [-0.05, 0) is 30.5 Å². The average Bonchev–Trinajstić information content (AvgIpc) is 2.29. The Kier molecular flexibility index (Phi) is 5.84. The van der Waals surface area contributed by atoms with Crippen molar-refractivity contribution in [3.63, 3.8) is 0 Å². The molecule has 0 spiro atoms. The predicted octanol–water partition coefficient (Wildman–Crippen LogP) is 2.15. The lowest BCUT2D eigenvalue weighted by Crippen LogP contribution is -1.94. The Bertz CT molecular complexity index is 336. The lowest BCUT2D eigenvalue weighted by molar-refractivity contribution is -0.137. The number of rotatable bonds is 7. The van der Waals surface area contributed by atoms with E-state index in [1.54, 1.807) is 12.4 Å². The van der Waals surface area contributed by atoms with Crippen molar-refractivity contribution >= 4 is 12.2 Å². The van der Waals surface area contributed by atoms with Crippen molar-refractivity contribution in [2.75, 3.05) is 6.54 Å². The first-order valence-corrected chi connectivity index (χ1v) is 5.40.